The van der Waals surface area contributed by atoms with Crippen molar-refractivity contribution in [1.29, 1.82) is 0 Å². The number of hydrogen-bond donors (Lipinski definition) is 2. The number of carbonyl (C=O) groups is 2. The second-order valence-electron chi connectivity index (χ2n) is 7.97. The monoisotopic (exact) mass is 350 g/mol. The van der Waals surface area contributed by atoms with Crippen LogP contribution in [0, 0.1) is 16.7 Å². The van der Waals surface area contributed by atoms with Crippen LogP contribution in [-0.2, 0) is 9.59 Å². The molecule has 0 bridgehead atoms. The van der Waals surface area contributed by atoms with E-state index in [1.807, 2.05) is 13.8 Å². The molecule has 2 N–H and O–H groups in total. The summed E-state index contributed by atoms with van der Waals surface area (Å²) in [5.74, 6) is -2.43. The Kier molecular flexibility index (Phi) is 7.91. The molecule has 0 aliphatic heterocycles. The summed E-state index contributed by atoms with van der Waals surface area (Å²) in [6.07, 6.45) is 12.3. The van der Waals surface area contributed by atoms with Crippen LogP contribution >= 0.6 is 0 Å². The predicted molar refractivity (Wildman–Crippen MR) is 100 cm³/mol. The minimum absolute atomic E-state index is 0.233. The smallest absolute Gasteiger partial charge is 0.331 e. The van der Waals surface area contributed by atoms with Crippen molar-refractivity contribution in [2.45, 2.75) is 79.1 Å². The van der Waals surface area contributed by atoms with Crippen LogP contribution in [0.2, 0.25) is 0 Å². The van der Waals surface area contributed by atoms with E-state index in [0.29, 0.717) is 6.42 Å². The molecule has 2 unspecified atom stereocenters. The zero-order chi connectivity index (χ0) is 19.1. The maximum absolute atomic E-state index is 12.4. The van der Waals surface area contributed by atoms with E-state index >= 15 is 0 Å². The zero-order valence-corrected chi connectivity index (χ0v) is 16.2. The highest BCUT2D eigenvalue weighted by atomic mass is 16.4. The Hall–Kier alpha value is -1.58. The third kappa shape index (κ3) is 4.96. The predicted octanol–water partition coefficient (Wildman–Crippen LogP) is 5.44. The Labute approximate surface area is 152 Å². The van der Waals surface area contributed by atoms with Crippen LogP contribution in [0.15, 0.2) is 23.8 Å². The molecule has 1 aliphatic carbocycles. The van der Waals surface area contributed by atoms with E-state index < -0.39 is 28.7 Å². The van der Waals surface area contributed by atoms with Crippen molar-refractivity contribution in [1.82, 2.24) is 0 Å². The van der Waals surface area contributed by atoms with Gasteiger partial charge in [0.2, 0.25) is 0 Å². The van der Waals surface area contributed by atoms with Gasteiger partial charge in [0.25, 0.3) is 0 Å². The van der Waals surface area contributed by atoms with Crippen LogP contribution in [0.4, 0.5) is 0 Å². The van der Waals surface area contributed by atoms with Crippen LogP contribution in [0.1, 0.15) is 79.1 Å². The van der Waals surface area contributed by atoms with Crippen LogP contribution in [0.25, 0.3) is 0 Å². The van der Waals surface area contributed by atoms with Gasteiger partial charge in [-0.05, 0) is 18.3 Å². The van der Waals surface area contributed by atoms with E-state index in [2.05, 4.69) is 13.8 Å². The van der Waals surface area contributed by atoms with Crippen molar-refractivity contribution in [3.63, 3.8) is 0 Å². The molecule has 25 heavy (non-hydrogen) atoms. The largest absolute Gasteiger partial charge is 0.481 e. The first-order valence-corrected chi connectivity index (χ1v) is 9.59. The molecule has 0 amide bonds. The van der Waals surface area contributed by atoms with Gasteiger partial charge in [-0.3, -0.25) is 4.79 Å². The highest BCUT2D eigenvalue weighted by molar-refractivity contribution is 5.91. The van der Waals surface area contributed by atoms with Crippen LogP contribution in [0.5, 0.6) is 0 Å². The van der Waals surface area contributed by atoms with Gasteiger partial charge in [0.05, 0.1) is 5.41 Å². The van der Waals surface area contributed by atoms with Crippen LogP contribution in [-0.4, -0.2) is 22.2 Å². The Morgan fingerprint density at radius 2 is 1.72 bits per heavy atom. The van der Waals surface area contributed by atoms with Gasteiger partial charge in [-0.1, -0.05) is 84.4 Å². The molecule has 4 heteroatoms. The Morgan fingerprint density at radius 3 is 2.24 bits per heavy atom. The minimum atomic E-state index is -1.13. The lowest BCUT2D eigenvalue weighted by Crippen LogP contribution is -2.47. The number of rotatable bonds is 11. The third-order valence-corrected chi connectivity index (χ3v) is 5.51. The molecule has 0 aromatic rings. The van der Waals surface area contributed by atoms with Crippen molar-refractivity contribution in [3.05, 3.63) is 23.8 Å². The molecule has 0 aromatic carbocycles. The lowest BCUT2D eigenvalue weighted by molar-refractivity contribution is -0.152. The summed E-state index contributed by atoms with van der Waals surface area (Å²) in [7, 11) is 0. The normalized spacial score (nSPS) is 23.4. The molecule has 0 aromatic heterocycles. The summed E-state index contributed by atoms with van der Waals surface area (Å²) in [5, 5.41) is 19.8. The van der Waals surface area contributed by atoms with Crippen molar-refractivity contribution >= 4 is 11.9 Å². The van der Waals surface area contributed by atoms with Crippen LogP contribution in [0.3, 0.4) is 0 Å². The molecule has 0 radical (unpaired) electrons. The number of hydrogen-bond acceptors (Lipinski definition) is 2. The van der Waals surface area contributed by atoms with Gasteiger partial charge < -0.3 is 10.2 Å². The number of carboxylic acids is 2. The Balaban J connectivity index is 3.21. The van der Waals surface area contributed by atoms with Gasteiger partial charge in [0.1, 0.15) is 0 Å². The standard InChI is InChI=1S/C21H34O4/c1-5-7-8-9-10-14-21(19(24)25)15-11-12-16(18(22)23)17(21)20(3,4)13-6-2/h11-12,15,17H,5-10,13-14H2,1-4H3,(H,22,23)(H,24,25). The van der Waals surface area contributed by atoms with Crippen molar-refractivity contribution in [3.8, 4) is 0 Å². The van der Waals surface area contributed by atoms with Gasteiger partial charge in [-0.15, -0.1) is 0 Å². The molecule has 0 saturated heterocycles. The zero-order valence-electron chi connectivity index (χ0n) is 16.2. The van der Waals surface area contributed by atoms with Gasteiger partial charge >= 0.3 is 11.9 Å². The lowest BCUT2D eigenvalue weighted by Gasteiger charge is -2.46. The maximum Gasteiger partial charge on any atom is 0.331 e. The molecule has 0 heterocycles. The minimum Gasteiger partial charge on any atom is -0.481 e. The molecule has 1 rings (SSSR count). The fourth-order valence-corrected chi connectivity index (χ4v) is 4.45. The second kappa shape index (κ2) is 9.21. The van der Waals surface area contributed by atoms with Gasteiger partial charge in [0.15, 0.2) is 0 Å². The highest BCUT2D eigenvalue weighted by Crippen LogP contribution is 2.52. The van der Waals surface area contributed by atoms with Gasteiger partial charge in [0, 0.05) is 11.5 Å². The SMILES string of the molecule is CCCCCCCC1(C(=O)O)C=CC=C(C(=O)O)C1C(C)(C)CCC. The first-order valence-electron chi connectivity index (χ1n) is 9.59. The van der Waals surface area contributed by atoms with E-state index in [-0.39, 0.29) is 5.57 Å². The van der Waals surface area contributed by atoms with E-state index in [0.717, 1.165) is 44.9 Å². The first-order chi connectivity index (χ1) is 11.7. The van der Waals surface area contributed by atoms with E-state index in [4.69, 9.17) is 0 Å². The Bertz CT molecular complexity index is 530. The molecule has 0 fully saturated rings. The average molecular weight is 350 g/mol. The number of unbranched alkanes of at least 4 members (excludes halogenated alkanes) is 4. The summed E-state index contributed by atoms with van der Waals surface area (Å²) in [5.41, 5.74) is -1.30. The van der Waals surface area contributed by atoms with E-state index in [1.165, 1.54) is 0 Å². The Morgan fingerprint density at radius 1 is 1.08 bits per heavy atom. The molecule has 0 saturated carbocycles. The lowest BCUT2D eigenvalue weighted by atomic mass is 9.55. The first kappa shape index (κ1) is 21.5. The fraction of sp³-hybridized carbons (Fsp3) is 0.714. The van der Waals surface area contributed by atoms with Gasteiger partial charge in [-0.2, -0.15) is 0 Å². The summed E-state index contributed by atoms with van der Waals surface area (Å²) in [6, 6.07) is 0. The van der Waals surface area contributed by atoms with Crippen molar-refractivity contribution in [2.75, 3.05) is 0 Å². The van der Waals surface area contributed by atoms with E-state index in [9.17, 15) is 19.8 Å². The summed E-state index contributed by atoms with van der Waals surface area (Å²) in [4.78, 5) is 24.2. The number of carboxylic acid groups (broad SMARTS) is 2. The molecule has 142 valence electrons. The fourth-order valence-electron chi connectivity index (χ4n) is 4.45. The molecule has 2 atom stereocenters. The topological polar surface area (TPSA) is 74.6 Å². The van der Waals surface area contributed by atoms with E-state index in [1.54, 1.807) is 18.2 Å². The molecular formula is C21H34O4. The van der Waals surface area contributed by atoms with Crippen molar-refractivity contribution < 1.29 is 19.8 Å². The molecule has 1 aliphatic rings. The molecule has 0 spiro atoms. The quantitative estimate of drug-likeness (QED) is 0.486. The van der Waals surface area contributed by atoms with Crippen molar-refractivity contribution in [2.24, 2.45) is 16.7 Å². The molecular weight excluding hydrogens is 316 g/mol. The number of aliphatic carboxylic acids is 2. The summed E-state index contributed by atoms with van der Waals surface area (Å²) >= 11 is 0. The average Bonchev–Trinajstić information content (AvgIpc) is 2.53. The van der Waals surface area contributed by atoms with Crippen LogP contribution < -0.4 is 0 Å². The molecule has 4 nitrogen and oxygen atoms in total. The summed E-state index contributed by atoms with van der Waals surface area (Å²) < 4.78 is 0. The summed E-state index contributed by atoms with van der Waals surface area (Å²) in [6.45, 7) is 8.21. The van der Waals surface area contributed by atoms with Gasteiger partial charge in [-0.25, -0.2) is 4.79 Å². The maximum atomic E-state index is 12.4. The second-order valence-corrected chi connectivity index (χ2v) is 7.97. The third-order valence-electron chi connectivity index (χ3n) is 5.51. The highest BCUT2D eigenvalue weighted by Gasteiger charge is 2.53. The number of allylic oxidation sites excluding steroid dienone is 2.